The predicted molar refractivity (Wildman–Crippen MR) is 54.0 cm³/mol. The second-order valence-electron chi connectivity index (χ2n) is 6.06. The van der Waals surface area contributed by atoms with Crippen LogP contribution in [-0.2, 0) is 9.63 Å². The van der Waals surface area contributed by atoms with E-state index in [1.165, 1.54) is 0 Å². The van der Waals surface area contributed by atoms with E-state index < -0.39 is 22.1 Å². The first-order valence-electron chi connectivity index (χ1n) is 6.02. The molecule has 17 heavy (non-hydrogen) atoms. The number of hydrogen-bond donors (Lipinski definition) is 2. The maximum Gasteiger partial charge on any atom is 0.475 e. The minimum atomic E-state index is -0.782. The van der Waals surface area contributed by atoms with E-state index in [9.17, 15) is 14.8 Å². The zero-order valence-electron chi connectivity index (χ0n) is 9.46. The van der Waals surface area contributed by atoms with Gasteiger partial charge in [0.05, 0.1) is 5.41 Å². The Labute approximate surface area is 98.0 Å². The molecule has 0 aromatic rings. The summed E-state index contributed by atoms with van der Waals surface area (Å²) in [5.74, 6) is -0.158. The molecule has 4 fully saturated rings. The van der Waals surface area contributed by atoms with Crippen molar-refractivity contribution in [1.82, 2.24) is 0 Å². The molecule has 0 aliphatic heterocycles. The summed E-state index contributed by atoms with van der Waals surface area (Å²) >= 11 is 0. The standard InChI is InChI=1S/C11H15NO5/c13-9(14)10-2-7-1-8(3-10)5-11(4-7,6-10)17-12(15)16/h7-8H,1-6H2,(H-,13,14,15,16)/p+1. The number of rotatable bonds is 3. The van der Waals surface area contributed by atoms with Gasteiger partial charge in [-0.2, -0.15) is 4.84 Å². The second-order valence-corrected chi connectivity index (χ2v) is 6.06. The lowest BCUT2D eigenvalue weighted by atomic mass is 9.48. The van der Waals surface area contributed by atoms with E-state index in [0.717, 1.165) is 6.42 Å². The molecule has 6 nitrogen and oxygen atoms in total. The van der Waals surface area contributed by atoms with Crippen molar-refractivity contribution in [2.45, 2.75) is 44.1 Å². The van der Waals surface area contributed by atoms with Gasteiger partial charge in [-0.1, -0.05) is 0 Å². The maximum atomic E-state index is 11.5. The van der Waals surface area contributed by atoms with Gasteiger partial charge in [0.25, 0.3) is 0 Å². The largest absolute Gasteiger partial charge is 0.481 e. The highest BCUT2D eigenvalue weighted by Crippen LogP contribution is 2.62. The summed E-state index contributed by atoms with van der Waals surface area (Å²) in [5, 5.41) is 17.7. The molecule has 6 heteroatoms. The van der Waals surface area contributed by atoms with E-state index in [1.807, 2.05) is 0 Å². The highest BCUT2D eigenvalue weighted by molar-refractivity contribution is 5.75. The SMILES string of the molecule is O=C(O)C12CC3CC(CC(O[N+](=O)O)(C3)C1)C2. The molecular formula is C11H16NO5+. The second kappa shape index (κ2) is 3.11. The first-order valence-corrected chi connectivity index (χ1v) is 6.02. The third-order valence-electron chi connectivity index (χ3n) is 4.73. The molecule has 0 spiro atoms. The van der Waals surface area contributed by atoms with Crippen LogP contribution < -0.4 is 0 Å². The number of nitrogens with zero attached hydrogens (tertiary/aromatic N) is 1. The lowest BCUT2D eigenvalue weighted by Crippen LogP contribution is -2.59. The molecule has 0 saturated heterocycles. The topological polar surface area (TPSA) is 86.8 Å². The van der Waals surface area contributed by atoms with Crippen LogP contribution >= 0.6 is 0 Å². The van der Waals surface area contributed by atoms with E-state index in [1.54, 1.807) is 0 Å². The van der Waals surface area contributed by atoms with Crippen molar-refractivity contribution in [3.8, 4) is 0 Å². The summed E-state index contributed by atoms with van der Waals surface area (Å²) in [6.45, 7) is 0. The highest BCUT2D eigenvalue weighted by atomic mass is 17.0. The molecule has 2 atom stereocenters. The number of hydrogen-bond acceptors (Lipinski definition) is 3. The van der Waals surface area contributed by atoms with Crippen molar-refractivity contribution in [3.05, 3.63) is 4.91 Å². The van der Waals surface area contributed by atoms with Gasteiger partial charge < -0.3 is 5.11 Å². The first kappa shape index (κ1) is 10.8. The summed E-state index contributed by atoms with van der Waals surface area (Å²) in [6.07, 6.45) is 4.14. The van der Waals surface area contributed by atoms with Crippen LogP contribution in [0.5, 0.6) is 0 Å². The Morgan fingerprint density at radius 2 is 1.82 bits per heavy atom. The number of carbonyl (C=O) groups is 1. The molecule has 0 aromatic carbocycles. The Morgan fingerprint density at radius 3 is 2.29 bits per heavy atom. The van der Waals surface area contributed by atoms with Gasteiger partial charge in [-0.25, -0.2) is 5.21 Å². The van der Waals surface area contributed by atoms with Crippen molar-refractivity contribution in [3.63, 3.8) is 0 Å². The molecule has 2 N–H and O–H groups in total. The van der Waals surface area contributed by atoms with Crippen molar-refractivity contribution in [1.29, 1.82) is 0 Å². The molecular weight excluding hydrogens is 226 g/mol. The van der Waals surface area contributed by atoms with Crippen LogP contribution in [0.15, 0.2) is 0 Å². The van der Waals surface area contributed by atoms with Gasteiger partial charge in [-0.05, 0) is 43.9 Å². The van der Waals surface area contributed by atoms with Crippen LogP contribution in [-0.4, -0.2) is 27.0 Å². The predicted octanol–water partition coefficient (Wildman–Crippen LogP) is 1.51. The van der Waals surface area contributed by atoms with Crippen molar-refractivity contribution in [2.24, 2.45) is 17.3 Å². The lowest BCUT2D eigenvalue weighted by Gasteiger charge is -2.56. The molecule has 2 unspecified atom stereocenters. The zero-order valence-corrected chi connectivity index (χ0v) is 9.46. The van der Waals surface area contributed by atoms with Gasteiger partial charge in [0, 0.05) is 6.42 Å². The fourth-order valence-corrected chi connectivity index (χ4v) is 4.70. The smallest absolute Gasteiger partial charge is 0.475 e. The molecule has 0 amide bonds. The summed E-state index contributed by atoms with van der Waals surface area (Å²) in [7, 11) is 0. The summed E-state index contributed by atoms with van der Waals surface area (Å²) in [6, 6.07) is 0. The average molecular weight is 242 g/mol. The van der Waals surface area contributed by atoms with Gasteiger partial charge in [0.2, 0.25) is 0 Å². The Hall–Kier alpha value is -1.33. The first-order chi connectivity index (χ1) is 7.93. The average Bonchev–Trinajstić information content (AvgIpc) is 2.12. The Kier molecular flexibility index (Phi) is 1.98. The molecule has 0 radical (unpaired) electrons. The van der Waals surface area contributed by atoms with Crippen LogP contribution in [0.25, 0.3) is 0 Å². The normalized spacial score (nSPS) is 46.8. The quantitative estimate of drug-likeness (QED) is 0.732. The van der Waals surface area contributed by atoms with Gasteiger partial charge in [-0.3, -0.25) is 4.79 Å². The van der Waals surface area contributed by atoms with Crippen LogP contribution in [0.3, 0.4) is 0 Å². The molecule has 4 saturated carbocycles. The van der Waals surface area contributed by atoms with Crippen LogP contribution in [0, 0.1) is 22.2 Å². The molecule has 94 valence electrons. The monoisotopic (exact) mass is 242 g/mol. The summed E-state index contributed by atoms with van der Waals surface area (Å²) in [4.78, 5) is 27.2. The molecule has 0 heterocycles. The number of carboxylic acids is 1. The molecule has 4 rings (SSSR count). The maximum absolute atomic E-state index is 11.5. The summed E-state index contributed by atoms with van der Waals surface area (Å²) < 4.78 is 0. The fraction of sp³-hybridized carbons (Fsp3) is 0.909. The molecule has 0 aromatic heterocycles. The van der Waals surface area contributed by atoms with E-state index in [-0.39, 0.29) is 0 Å². The Balaban J connectivity index is 1.94. The van der Waals surface area contributed by atoms with E-state index in [4.69, 9.17) is 10.0 Å². The van der Waals surface area contributed by atoms with Crippen molar-refractivity contribution in [2.75, 3.05) is 0 Å². The van der Waals surface area contributed by atoms with E-state index in [0.29, 0.717) is 43.9 Å². The van der Waals surface area contributed by atoms with Crippen LogP contribution in [0.4, 0.5) is 0 Å². The van der Waals surface area contributed by atoms with Gasteiger partial charge in [-0.15, -0.1) is 0 Å². The number of carboxylic acid groups (broad SMARTS) is 1. The third-order valence-corrected chi connectivity index (χ3v) is 4.73. The molecule has 4 aliphatic rings. The van der Waals surface area contributed by atoms with Crippen LogP contribution in [0.2, 0.25) is 0 Å². The van der Waals surface area contributed by atoms with Crippen LogP contribution in [0.1, 0.15) is 38.5 Å². The Bertz CT molecular complexity index is 379. The van der Waals surface area contributed by atoms with Gasteiger partial charge in [0.1, 0.15) is 4.91 Å². The Morgan fingerprint density at radius 1 is 1.24 bits per heavy atom. The minimum absolute atomic E-state index is 0.312. The third kappa shape index (κ3) is 1.50. The highest BCUT2D eigenvalue weighted by Gasteiger charge is 2.64. The molecule has 4 aliphatic carbocycles. The lowest BCUT2D eigenvalue weighted by molar-refractivity contribution is -0.990. The van der Waals surface area contributed by atoms with Crippen molar-refractivity contribution < 1.29 is 25.0 Å². The molecule has 4 bridgehead atoms. The number of aliphatic carboxylic acids is 1. The fourth-order valence-electron chi connectivity index (χ4n) is 4.70. The van der Waals surface area contributed by atoms with Gasteiger partial charge in [0.15, 0.2) is 5.60 Å². The minimum Gasteiger partial charge on any atom is -0.481 e. The van der Waals surface area contributed by atoms with Crippen molar-refractivity contribution >= 4 is 5.97 Å². The zero-order chi connectivity index (χ0) is 12.3. The summed E-state index contributed by atoms with van der Waals surface area (Å²) in [5.41, 5.74) is -1.49. The van der Waals surface area contributed by atoms with E-state index >= 15 is 0 Å². The van der Waals surface area contributed by atoms with E-state index in [2.05, 4.69) is 0 Å². The van der Waals surface area contributed by atoms with Gasteiger partial charge >= 0.3 is 11.1 Å².